The molecule has 0 saturated carbocycles. The number of carbonyl (C=O) groups is 2. The highest BCUT2D eigenvalue weighted by molar-refractivity contribution is 5.98. The molecule has 1 N–H and O–H groups in total. The molecule has 4 aromatic carbocycles. The summed E-state index contributed by atoms with van der Waals surface area (Å²) in [7, 11) is 0. The minimum absolute atomic E-state index is 0.0686. The largest absolute Gasteiger partial charge is 0.489 e. The van der Waals surface area contributed by atoms with Crippen LogP contribution in [0.1, 0.15) is 33.5 Å². The Balaban J connectivity index is 1.35. The Kier molecular flexibility index (Phi) is 9.62. The van der Waals surface area contributed by atoms with Crippen molar-refractivity contribution in [1.29, 1.82) is 0 Å². The monoisotopic (exact) mass is 493 g/mol. The van der Waals surface area contributed by atoms with Crippen LogP contribution < -0.4 is 10.1 Å². The van der Waals surface area contributed by atoms with Crippen molar-refractivity contribution >= 4 is 11.7 Å². The lowest BCUT2D eigenvalue weighted by Gasteiger charge is -2.18. The van der Waals surface area contributed by atoms with Crippen molar-refractivity contribution in [2.45, 2.75) is 32.1 Å². The number of ether oxygens (including phenoxy) is 2. The normalized spacial score (nSPS) is 11.5. The first-order valence-corrected chi connectivity index (χ1v) is 12.4. The van der Waals surface area contributed by atoms with Gasteiger partial charge < -0.3 is 14.8 Å². The lowest BCUT2D eigenvalue weighted by Crippen LogP contribution is -2.42. The van der Waals surface area contributed by atoms with Crippen molar-refractivity contribution in [3.8, 4) is 5.75 Å². The highest BCUT2D eigenvalue weighted by Crippen LogP contribution is 2.15. The van der Waals surface area contributed by atoms with Crippen LogP contribution >= 0.6 is 0 Å². The molecule has 0 spiro atoms. The van der Waals surface area contributed by atoms with Gasteiger partial charge >= 0.3 is 0 Å². The van der Waals surface area contributed by atoms with Crippen molar-refractivity contribution in [2.75, 3.05) is 6.61 Å². The molecular formula is C32H31NO4. The van der Waals surface area contributed by atoms with E-state index in [-0.39, 0.29) is 18.3 Å². The van der Waals surface area contributed by atoms with Gasteiger partial charge in [0, 0.05) is 5.56 Å². The van der Waals surface area contributed by atoms with Gasteiger partial charge in [0.25, 0.3) is 5.91 Å². The van der Waals surface area contributed by atoms with Crippen LogP contribution in [0.5, 0.6) is 5.75 Å². The van der Waals surface area contributed by atoms with Crippen LogP contribution in [0, 0.1) is 0 Å². The summed E-state index contributed by atoms with van der Waals surface area (Å²) in [5.41, 5.74) is 3.64. The SMILES string of the molecule is O=C(NC(CCc1ccccc1)C(=O)COCc1ccccc1)c1ccc(OCc2ccccc2)cc1. The Morgan fingerprint density at radius 3 is 1.78 bits per heavy atom. The fourth-order valence-electron chi connectivity index (χ4n) is 3.90. The van der Waals surface area contributed by atoms with Gasteiger partial charge in [-0.05, 0) is 53.8 Å². The first kappa shape index (κ1) is 25.9. The Morgan fingerprint density at radius 1 is 0.649 bits per heavy atom. The molecule has 1 amide bonds. The number of hydrogen-bond donors (Lipinski definition) is 1. The van der Waals surface area contributed by atoms with Gasteiger partial charge in [-0.15, -0.1) is 0 Å². The lowest BCUT2D eigenvalue weighted by atomic mass is 10.0. The predicted octanol–water partition coefficient (Wildman–Crippen LogP) is 5.78. The first-order chi connectivity index (χ1) is 18.2. The number of aryl methyl sites for hydroxylation is 1. The van der Waals surface area contributed by atoms with E-state index in [1.165, 1.54) is 0 Å². The summed E-state index contributed by atoms with van der Waals surface area (Å²) in [4.78, 5) is 26.0. The van der Waals surface area contributed by atoms with E-state index in [0.717, 1.165) is 16.7 Å². The maximum atomic E-state index is 13.0. The summed E-state index contributed by atoms with van der Waals surface area (Å²) in [6, 6.07) is 35.8. The van der Waals surface area contributed by atoms with Gasteiger partial charge in [-0.2, -0.15) is 0 Å². The minimum Gasteiger partial charge on any atom is -0.489 e. The Hall–Kier alpha value is -4.22. The smallest absolute Gasteiger partial charge is 0.251 e. The molecule has 0 aliphatic heterocycles. The molecule has 0 fully saturated rings. The zero-order valence-corrected chi connectivity index (χ0v) is 20.7. The molecule has 0 aliphatic rings. The zero-order chi connectivity index (χ0) is 25.7. The second kappa shape index (κ2) is 13.8. The van der Waals surface area contributed by atoms with E-state index in [1.54, 1.807) is 24.3 Å². The fourth-order valence-corrected chi connectivity index (χ4v) is 3.90. The number of ketones is 1. The van der Waals surface area contributed by atoms with Gasteiger partial charge in [0.15, 0.2) is 5.78 Å². The molecule has 0 radical (unpaired) electrons. The Labute approximate surface area is 218 Å². The Morgan fingerprint density at radius 2 is 1.19 bits per heavy atom. The van der Waals surface area contributed by atoms with E-state index in [4.69, 9.17) is 9.47 Å². The maximum Gasteiger partial charge on any atom is 0.251 e. The number of hydrogen-bond acceptors (Lipinski definition) is 4. The van der Waals surface area contributed by atoms with Crippen LogP contribution in [0.15, 0.2) is 115 Å². The lowest BCUT2D eigenvalue weighted by molar-refractivity contribution is -0.126. The molecule has 188 valence electrons. The fraction of sp³-hybridized carbons (Fsp3) is 0.188. The molecule has 0 saturated heterocycles. The number of Topliss-reactive ketones (excluding diaryl/α,β-unsaturated/α-hetero) is 1. The molecular weight excluding hydrogens is 462 g/mol. The molecule has 1 unspecified atom stereocenters. The summed E-state index contributed by atoms with van der Waals surface area (Å²) >= 11 is 0. The maximum absolute atomic E-state index is 13.0. The third kappa shape index (κ3) is 8.44. The van der Waals surface area contributed by atoms with Crippen molar-refractivity contribution < 1.29 is 19.1 Å². The zero-order valence-electron chi connectivity index (χ0n) is 20.7. The van der Waals surface area contributed by atoms with Crippen LogP contribution in [-0.2, 0) is 29.2 Å². The van der Waals surface area contributed by atoms with Crippen LogP contribution in [0.3, 0.4) is 0 Å². The second-order valence-corrected chi connectivity index (χ2v) is 8.79. The molecule has 0 aromatic heterocycles. The van der Waals surface area contributed by atoms with Crippen LogP contribution in [0.25, 0.3) is 0 Å². The molecule has 0 aliphatic carbocycles. The first-order valence-electron chi connectivity index (χ1n) is 12.4. The highest BCUT2D eigenvalue weighted by Gasteiger charge is 2.21. The van der Waals surface area contributed by atoms with Gasteiger partial charge in [-0.1, -0.05) is 91.0 Å². The minimum atomic E-state index is -0.655. The molecule has 5 nitrogen and oxygen atoms in total. The van der Waals surface area contributed by atoms with Crippen LogP contribution in [0.4, 0.5) is 0 Å². The topological polar surface area (TPSA) is 64.6 Å². The number of rotatable bonds is 13. The van der Waals surface area contributed by atoms with Gasteiger partial charge in [-0.3, -0.25) is 9.59 Å². The Bertz CT molecular complexity index is 1240. The molecule has 37 heavy (non-hydrogen) atoms. The van der Waals surface area contributed by atoms with Gasteiger partial charge in [0.1, 0.15) is 19.0 Å². The third-order valence-corrected chi connectivity index (χ3v) is 5.98. The summed E-state index contributed by atoms with van der Waals surface area (Å²) in [5, 5.41) is 2.92. The summed E-state index contributed by atoms with van der Waals surface area (Å²) in [6.45, 7) is 0.725. The van der Waals surface area contributed by atoms with Gasteiger partial charge in [0.2, 0.25) is 0 Å². The summed E-state index contributed by atoms with van der Waals surface area (Å²) < 4.78 is 11.5. The van der Waals surface area contributed by atoms with Crippen molar-refractivity contribution in [1.82, 2.24) is 5.32 Å². The van der Waals surface area contributed by atoms with E-state index in [0.29, 0.717) is 37.4 Å². The average molecular weight is 494 g/mol. The molecule has 4 aromatic rings. The number of nitrogens with one attached hydrogen (secondary N) is 1. The summed E-state index contributed by atoms with van der Waals surface area (Å²) in [6.07, 6.45) is 1.16. The van der Waals surface area contributed by atoms with Crippen LogP contribution in [-0.4, -0.2) is 24.3 Å². The number of amides is 1. The highest BCUT2D eigenvalue weighted by atomic mass is 16.5. The average Bonchev–Trinajstić information content (AvgIpc) is 2.96. The van der Waals surface area contributed by atoms with Crippen molar-refractivity contribution in [3.05, 3.63) is 138 Å². The van der Waals surface area contributed by atoms with Crippen LogP contribution in [0.2, 0.25) is 0 Å². The van der Waals surface area contributed by atoms with E-state index < -0.39 is 6.04 Å². The van der Waals surface area contributed by atoms with Crippen molar-refractivity contribution in [3.63, 3.8) is 0 Å². The van der Waals surface area contributed by atoms with E-state index >= 15 is 0 Å². The van der Waals surface area contributed by atoms with Gasteiger partial charge in [-0.25, -0.2) is 0 Å². The summed E-state index contributed by atoms with van der Waals surface area (Å²) in [5.74, 6) is 0.221. The van der Waals surface area contributed by atoms with Gasteiger partial charge in [0.05, 0.1) is 12.6 Å². The molecule has 1 atom stereocenters. The standard InChI is InChI=1S/C32H31NO4/c34-31(24-36-22-26-12-6-2-7-13-26)30(21-16-25-10-4-1-5-11-25)33-32(35)28-17-19-29(20-18-28)37-23-27-14-8-3-9-15-27/h1-15,17-20,30H,16,21-24H2,(H,33,35). The van der Waals surface area contributed by atoms with E-state index in [9.17, 15) is 9.59 Å². The number of benzene rings is 4. The molecule has 5 heteroatoms. The van der Waals surface area contributed by atoms with Crippen molar-refractivity contribution in [2.24, 2.45) is 0 Å². The molecule has 0 heterocycles. The number of carbonyl (C=O) groups excluding carboxylic acids is 2. The van der Waals surface area contributed by atoms with E-state index in [2.05, 4.69) is 5.32 Å². The predicted molar refractivity (Wildman–Crippen MR) is 144 cm³/mol. The molecule has 0 bridgehead atoms. The third-order valence-electron chi connectivity index (χ3n) is 5.98. The quantitative estimate of drug-likeness (QED) is 0.256. The molecule has 4 rings (SSSR count). The van der Waals surface area contributed by atoms with E-state index in [1.807, 2.05) is 91.0 Å². The second-order valence-electron chi connectivity index (χ2n) is 8.79.